The van der Waals surface area contributed by atoms with E-state index in [1.807, 2.05) is 30.5 Å². The van der Waals surface area contributed by atoms with E-state index < -0.39 is 10.9 Å². The van der Waals surface area contributed by atoms with E-state index >= 15 is 0 Å². The second kappa shape index (κ2) is 9.89. The number of aromatic nitrogens is 1. The number of benzene rings is 2. The van der Waals surface area contributed by atoms with Gasteiger partial charge in [0.2, 0.25) is 0 Å². The molecule has 35 heavy (non-hydrogen) atoms. The number of hydrogen-bond donors (Lipinski definition) is 1. The monoisotopic (exact) mass is 511 g/mol. The number of ether oxygens (including phenoxy) is 1. The van der Waals surface area contributed by atoms with Crippen LogP contribution in [0.3, 0.4) is 0 Å². The number of carbonyl (C=O) groups is 2. The molecule has 0 aliphatic heterocycles. The summed E-state index contributed by atoms with van der Waals surface area (Å²) < 4.78 is 7.16. The minimum atomic E-state index is -0.586. The zero-order chi connectivity index (χ0) is 25.3. The largest absolute Gasteiger partial charge is 0.462 e. The van der Waals surface area contributed by atoms with Crippen LogP contribution in [0.5, 0.6) is 0 Å². The average molecular weight is 512 g/mol. The number of halogens is 1. The third-order valence-electron chi connectivity index (χ3n) is 5.70. The minimum absolute atomic E-state index is 0.0573. The quantitative estimate of drug-likeness (QED) is 0.169. The maximum Gasteiger partial charge on any atom is 0.341 e. The van der Waals surface area contributed by atoms with Gasteiger partial charge in [-0.3, -0.25) is 14.9 Å². The lowest BCUT2D eigenvalue weighted by Crippen LogP contribution is -2.19. The number of hydrogen-bond acceptors (Lipinski definition) is 6. The zero-order valence-electron chi connectivity index (χ0n) is 19.3. The molecule has 0 saturated heterocycles. The highest BCUT2D eigenvalue weighted by molar-refractivity contribution is 7.15. The Hall–Kier alpha value is -3.69. The van der Waals surface area contributed by atoms with Crippen LogP contribution in [0.15, 0.2) is 47.8 Å². The van der Waals surface area contributed by atoms with Crippen molar-refractivity contribution in [3.05, 3.63) is 79.8 Å². The van der Waals surface area contributed by atoms with Gasteiger partial charge < -0.3 is 14.6 Å². The third-order valence-corrected chi connectivity index (χ3v) is 6.83. The van der Waals surface area contributed by atoms with Gasteiger partial charge in [-0.25, -0.2) is 4.79 Å². The molecule has 1 N–H and O–H groups in total. The van der Waals surface area contributed by atoms with Crippen molar-refractivity contribution in [1.82, 2.24) is 4.57 Å². The van der Waals surface area contributed by atoms with Gasteiger partial charge in [0.25, 0.3) is 11.6 Å². The SMILES string of the molecule is CCOC(=O)c1c(-c2ccc([N+](=O)[O-])cc2)csc1NC(=O)c1c(C)c2cc(Cl)ccc2n1CC. The topological polar surface area (TPSA) is 103 Å². The van der Waals surface area contributed by atoms with Gasteiger partial charge in [0, 0.05) is 45.5 Å². The van der Waals surface area contributed by atoms with Crippen LogP contribution in [0.2, 0.25) is 5.02 Å². The fraction of sp³-hybridized carbons (Fsp3) is 0.200. The van der Waals surface area contributed by atoms with E-state index in [0.717, 1.165) is 16.5 Å². The van der Waals surface area contributed by atoms with Crippen molar-refractivity contribution >= 4 is 56.4 Å². The van der Waals surface area contributed by atoms with Crippen LogP contribution in [-0.4, -0.2) is 28.0 Å². The Morgan fingerprint density at radius 2 is 1.89 bits per heavy atom. The van der Waals surface area contributed by atoms with Gasteiger partial charge in [-0.2, -0.15) is 0 Å². The number of carbonyl (C=O) groups excluding carboxylic acids is 2. The molecule has 0 bridgehead atoms. The molecule has 0 radical (unpaired) electrons. The Labute approximate surface area is 210 Å². The summed E-state index contributed by atoms with van der Waals surface area (Å²) in [4.78, 5) is 36.9. The molecule has 0 saturated carbocycles. The second-order valence-electron chi connectivity index (χ2n) is 7.71. The Kier molecular flexibility index (Phi) is 6.90. The molecular formula is C25H22ClN3O5S. The lowest BCUT2D eigenvalue weighted by molar-refractivity contribution is -0.384. The number of anilines is 1. The molecule has 2 heterocycles. The first kappa shape index (κ1) is 24.4. The highest BCUT2D eigenvalue weighted by Gasteiger charge is 2.26. The van der Waals surface area contributed by atoms with Crippen molar-refractivity contribution in [3.63, 3.8) is 0 Å². The van der Waals surface area contributed by atoms with Crippen molar-refractivity contribution in [2.45, 2.75) is 27.3 Å². The van der Waals surface area contributed by atoms with Crippen LogP contribution in [-0.2, 0) is 11.3 Å². The summed E-state index contributed by atoms with van der Waals surface area (Å²) in [6.07, 6.45) is 0. The summed E-state index contributed by atoms with van der Waals surface area (Å²) >= 11 is 7.37. The van der Waals surface area contributed by atoms with Crippen LogP contribution in [0.4, 0.5) is 10.7 Å². The smallest absolute Gasteiger partial charge is 0.341 e. The lowest BCUT2D eigenvalue weighted by atomic mass is 10.0. The predicted molar refractivity (Wildman–Crippen MR) is 138 cm³/mol. The van der Waals surface area contributed by atoms with Crippen molar-refractivity contribution in [2.75, 3.05) is 11.9 Å². The van der Waals surface area contributed by atoms with Crippen LogP contribution in [0, 0.1) is 17.0 Å². The molecule has 2 aromatic carbocycles. The van der Waals surface area contributed by atoms with Gasteiger partial charge in [-0.05, 0) is 62.2 Å². The molecule has 0 aliphatic rings. The zero-order valence-corrected chi connectivity index (χ0v) is 20.8. The lowest BCUT2D eigenvalue weighted by Gasteiger charge is -2.11. The van der Waals surface area contributed by atoms with Gasteiger partial charge in [-0.15, -0.1) is 11.3 Å². The number of rotatable bonds is 7. The van der Waals surface area contributed by atoms with Gasteiger partial charge in [0.1, 0.15) is 16.3 Å². The van der Waals surface area contributed by atoms with Gasteiger partial charge in [0.15, 0.2) is 0 Å². The Morgan fingerprint density at radius 1 is 1.17 bits per heavy atom. The molecule has 4 aromatic rings. The molecular weight excluding hydrogens is 490 g/mol. The first-order chi connectivity index (χ1) is 16.8. The molecule has 4 rings (SSSR count). The summed E-state index contributed by atoms with van der Waals surface area (Å²) in [6.45, 7) is 6.24. The first-order valence-electron chi connectivity index (χ1n) is 10.9. The molecule has 180 valence electrons. The molecule has 2 aromatic heterocycles. The molecule has 1 amide bonds. The standard InChI is InChI=1S/C25H22ClN3O5S/c1-4-28-20-11-8-16(26)12-18(20)14(3)22(28)23(30)27-24-21(25(31)34-5-2)19(13-35-24)15-6-9-17(10-7-15)29(32)33/h6-13H,4-5H2,1-3H3,(H,27,30). The Balaban J connectivity index is 1.77. The molecule has 8 nitrogen and oxygen atoms in total. The van der Waals surface area contributed by atoms with E-state index in [1.54, 1.807) is 30.5 Å². The number of amides is 1. The highest BCUT2D eigenvalue weighted by atomic mass is 35.5. The number of nitrogens with one attached hydrogen (secondary N) is 1. The van der Waals surface area contributed by atoms with Crippen LogP contribution in [0.1, 0.15) is 40.3 Å². The van der Waals surface area contributed by atoms with Gasteiger partial charge in [-0.1, -0.05) is 11.6 Å². The molecule has 0 atom stereocenters. The summed E-state index contributed by atoms with van der Waals surface area (Å²) in [6, 6.07) is 11.4. The number of aryl methyl sites for hydroxylation is 2. The summed E-state index contributed by atoms with van der Waals surface area (Å²) in [5.74, 6) is -0.948. The van der Waals surface area contributed by atoms with Crippen LogP contribution >= 0.6 is 22.9 Å². The summed E-state index contributed by atoms with van der Waals surface area (Å²) in [5, 5.41) is 17.4. The number of thiophene rings is 1. The average Bonchev–Trinajstić information content (AvgIpc) is 3.37. The van der Waals surface area contributed by atoms with Crippen molar-refractivity contribution in [2.24, 2.45) is 0 Å². The maximum atomic E-state index is 13.5. The molecule has 0 unspecified atom stereocenters. The van der Waals surface area contributed by atoms with E-state index in [0.29, 0.717) is 33.4 Å². The summed E-state index contributed by atoms with van der Waals surface area (Å²) in [7, 11) is 0. The van der Waals surface area contributed by atoms with Crippen LogP contribution in [0.25, 0.3) is 22.0 Å². The minimum Gasteiger partial charge on any atom is -0.462 e. The first-order valence-corrected chi connectivity index (χ1v) is 12.2. The molecule has 0 spiro atoms. The van der Waals surface area contributed by atoms with E-state index in [9.17, 15) is 19.7 Å². The second-order valence-corrected chi connectivity index (χ2v) is 9.03. The van der Waals surface area contributed by atoms with Crippen molar-refractivity contribution < 1.29 is 19.2 Å². The number of nitro groups is 1. The summed E-state index contributed by atoms with van der Waals surface area (Å²) in [5.41, 5.74) is 3.43. The third kappa shape index (κ3) is 4.52. The number of esters is 1. The Bertz CT molecular complexity index is 1460. The van der Waals surface area contributed by atoms with E-state index in [2.05, 4.69) is 5.32 Å². The van der Waals surface area contributed by atoms with Crippen molar-refractivity contribution in [1.29, 1.82) is 0 Å². The van der Waals surface area contributed by atoms with Crippen LogP contribution < -0.4 is 5.32 Å². The normalized spacial score (nSPS) is 11.0. The van der Waals surface area contributed by atoms with E-state index in [-0.39, 0.29) is 23.8 Å². The number of nitrogens with zero attached hydrogens (tertiary/aromatic N) is 2. The Morgan fingerprint density at radius 3 is 2.51 bits per heavy atom. The highest BCUT2D eigenvalue weighted by Crippen LogP contribution is 2.38. The molecule has 0 fully saturated rings. The fourth-order valence-electron chi connectivity index (χ4n) is 4.11. The molecule has 10 heteroatoms. The van der Waals surface area contributed by atoms with E-state index in [1.165, 1.54) is 23.5 Å². The molecule has 0 aliphatic carbocycles. The van der Waals surface area contributed by atoms with E-state index in [4.69, 9.17) is 16.3 Å². The van der Waals surface area contributed by atoms with Crippen molar-refractivity contribution in [3.8, 4) is 11.1 Å². The number of fused-ring (bicyclic) bond motifs is 1. The van der Waals surface area contributed by atoms with Gasteiger partial charge in [0.05, 0.1) is 11.5 Å². The number of nitro benzene ring substituents is 1. The number of non-ortho nitro benzene ring substituents is 1. The van der Waals surface area contributed by atoms with Gasteiger partial charge >= 0.3 is 5.97 Å². The predicted octanol–water partition coefficient (Wildman–Crippen LogP) is 6.69. The maximum absolute atomic E-state index is 13.5. The fourth-order valence-corrected chi connectivity index (χ4v) is 5.23.